The second-order valence-electron chi connectivity index (χ2n) is 13.4. The fourth-order valence-electron chi connectivity index (χ4n) is 6.98. The molecular weight excluding hydrogens is 689 g/mol. The Bertz CT molecular complexity index is 2210. The van der Waals surface area contributed by atoms with Gasteiger partial charge in [0.15, 0.2) is 29.0 Å². The topological polar surface area (TPSA) is 122 Å². The summed E-state index contributed by atoms with van der Waals surface area (Å²) in [5.41, 5.74) is 1.40. The number of ether oxygens (including phenoxy) is 2. The lowest BCUT2D eigenvalue weighted by molar-refractivity contribution is -0.131. The van der Waals surface area contributed by atoms with E-state index in [4.69, 9.17) is 9.47 Å². The number of piperazine rings is 1. The SMILES string of the molecule is COc1cc(F)c(F)cc1-c1cc(C2=CCCN(C(=O)CCn3ccnn3)C2)c(F)c2[nH]c(C(=O)N3CCN(c4ncccc4OC4CC4)CC3)cc12. The maximum Gasteiger partial charge on any atom is 0.270 e. The lowest BCUT2D eigenvalue weighted by atomic mass is 9.92. The van der Waals surface area contributed by atoms with E-state index >= 15 is 4.39 Å². The van der Waals surface area contributed by atoms with E-state index in [-0.39, 0.29) is 59.0 Å². The number of halogens is 3. The maximum atomic E-state index is 16.7. The molecule has 1 aliphatic carbocycles. The number of carbonyl (C=O) groups is 2. The first kappa shape index (κ1) is 34.2. The average molecular weight is 727 g/mol. The number of aromatic nitrogens is 5. The molecule has 5 heterocycles. The Balaban J connectivity index is 1.10. The van der Waals surface area contributed by atoms with Gasteiger partial charge in [-0.3, -0.25) is 14.3 Å². The number of nitrogens with zero attached hydrogens (tertiary/aromatic N) is 7. The van der Waals surface area contributed by atoms with Gasteiger partial charge in [-0.2, -0.15) is 0 Å². The molecule has 3 aliphatic rings. The Morgan fingerprint density at radius 2 is 1.74 bits per heavy atom. The Morgan fingerprint density at radius 1 is 0.925 bits per heavy atom. The summed E-state index contributed by atoms with van der Waals surface area (Å²) in [6, 6.07) is 8.79. The van der Waals surface area contributed by atoms with Crippen molar-refractivity contribution >= 4 is 34.1 Å². The normalized spacial score (nSPS) is 16.2. The van der Waals surface area contributed by atoms with E-state index < -0.39 is 17.5 Å². The van der Waals surface area contributed by atoms with Crippen molar-refractivity contribution in [1.29, 1.82) is 0 Å². The standard InChI is InChI=1S/C38H37F3N8O4/c1-52-33-21-30(40)29(39)19-27(33)26-18-25(23-4-3-11-48(22-23)34(50)8-12-49-13-10-43-45-49)35(41)36-28(26)20-31(44-36)38(51)47-16-14-46(15-17-47)37-32(5-2-9-42-37)53-24-6-7-24/h2,4-5,9-10,13,18-21,24,44H,3,6-8,11-12,14-17,22H2,1H3. The predicted molar refractivity (Wildman–Crippen MR) is 190 cm³/mol. The molecule has 12 nitrogen and oxygen atoms in total. The molecule has 8 rings (SSSR count). The van der Waals surface area contributed by atoms with Gasteiger partial charge in [0.25, 0.3) is 5.91 Å². The average Bonchev–Trinajstić information content (AvgIpc) is 3.63. The zero-order valence-electron chi connectivity index (χ0n) is 29.0. The molecule has 0 atom stereocenters. The number of anilines is 1. The van der Waals surface area contributed by atoms with Gasteiger partial charge in [0.1, 0.15) is 11.4 Å². The van der Waals surface area contributed by atoms with Crippen molar-refractivity contribution in [3.8, 4) is 22.6 Å². The second-order valence-corrected chi connectivity index (χ2v) is 13.4. The number of pyridine rings is 1. The van der Waals surface area contributed by atoms with Gasteiger partial charge in [-0.15, -0.1) is 5.10 Å². The van der Waals surface area contributed by atoms with Crippen molar-refractivity contribution in [2.75, 3.05) is 51.3 Å². The van der Waals surface area contributed by atoms with Crippen LogP contribution in [0.5, 0.6) is 11.5 Å². The molecule has 2 fully saturated rings. The number of hydrogen-bond donors (Lipinski definition) is 1. The molecule has 1 saturated carbocycles. The van der Waals surface area contributed by atoms with Gasteiger partial charge < -0.3 is 29.2 Å². The van der Waals surface area contributed by atoms with Crippen molar-refractivity contribution in [2.45, 2.75) is 38.3 Å². The van der Waals surface area contributed by atoms with Gasteiger partial charge in [0.2, 0.25) is 5.91 Å². The lowest BCUT2D eigenvalue weighted by Crippen LogP contribution is -2.49. The first-order valence-electron chi connectivity index (χ1n) is 17.6. The molecule has 1 saturated heterocycles. The minimum atomic E-state index is -1.11. The molecule has 2 aliphatic heterocycles. The van der Waals surface area contributed by atoms with Gasteiger partial charge in [0.05, 0.1) is 31.5 Å². The number of aryl methyl sites for hydroxylation is 1. The summed E-state index contributed by atoms with van der Waals surface area (Å²) in [5, 5.41) is 7.97. The van der Waals surface area contributed by atoms with Crippen LogP contribution in [0.3, 0.4) is 0 Å². The van der Waals surface area contributed by atoms with Gasteiger partial charge in [-0.25, -0.2) is 18.2 Å². The summed E-state index contributed by atoms with van der Waals surface area (Å²) in [7, 11) is 1.34. The minimum absolute atomic E-state index is 0.0251. The van der Waals surface area contributed by atoms with Crippen LogP contribution < -0.4 is 14.4 Å². The van der Waals surface area contributed by atoms with E-state index in [1.165, 1.54) is 13.3 Å². The molecule has 5 aromatic rings. The van der Waals surface area contributed by atoms with Crippen LogP contribution in [0.15, 0.2) is 61.1 Å². The molecule has 0 bridgehead atoms. The second kappa shape index (κ2) is 14.3. The highest BCUT2D eigenvalue weighted by molar-refractivity contribution is 6.05. The van der Waals surface area contributed by atoms with Crippen LogP contribution in [-0.4, -0.2) is 99.1 Å². The third-order valence-electron chi connectivity index (χ3n) is 9.93. The first-order valence-corrected chi connectivity index (χ1v) is 17.6. The van der Waals surface area contributed by atoms with Crippen LogP contribution in [0.4, 0.5) is 19.0 Å². The number of nitrogens with one attached hydrogen (secondary N) is 1. The van der Waals surface area contributed by atoms with Crippen molar-refractivity contribution < 1.29 is 32.2 Å². The number of benzene rings is 2. The van der Waals surface area contributed by atoms with Crippen LogP contribution in [0.25, 0.3) is 27.6 Å². The summed E-state index contributed by atoms with van der Waals surface area (Å²) in [5.74, 6) is -1.79. The first-order chi connectivity index (χ1) is 25.8. The molecule has 0 spiro atoms. The molecule has 274 valence electrons. The van der Waals surface area contributed by atoms with Crippen LogP contribution >= 0.6 is 0 Å². The zero-order chi connectivity index (χ0) is 36.6. The maximum absolute atomic E-state index is 16.7. The van der Waals surface area contributed by atoms with E-state index in [0.29, 0.717) is 62.2 Å². The van der Waals surface area contributed by atoms with Gasteiger partial charge in [-0.1, -0.05) is 11.3 Å². The molecule has 2 amide bonds. The highest BCUT2D eigenvalue weighted by atomic mass is 19.2. The molecule has 15 heteroatoms. The Hall–Kier alpha value is -5.86. The molecular formula is C38H37F3N8O4. The number of amides is 2. The Labute approximate surface area is 302 Å². The molecule has 2 aromatic carbocycles. The van der Waals surface area contributed by atoms with E-state index in [2.05, 4.69) is 25.2 Å². The van der Waals surface area contributed by atoms with Gasteiger partial charge >= 0.3 is 0 Å². The van der Waals surface area contributed by atoms with E-state index in [9.17, 15) is 18.4 Å². The van der Waals surface area contributed by atoms with Gasteiger partial charge in [-0.05, 0) is 60.7 Å². The highest BCUT2D eigenvalue weighted by Gasteiger charge is 2.30. The number of rotatable bonds is 10. The van der Waals surface area contributed by atoms with Crippen molar-refractivity contribution in [3.05, 3.63) is 89.8 Å². The minimum Gasteiger partial charge on any atom is -0.496 e. The fraction of sp³-hybridized carbons (Fsp3) is 0.342. The monoisotopic (exact) mass is 726 g/mol. The summed E-state index contributed by atoms with van der Waals surface area (Å²) in [6.45, 7) is 2.74. The summed E-state index contributed by atoms with van der Waals surface area (Å²) in [4.78, 5) is 40.2. The quantitative estimate of drug-likeness (QED) is 0.202. The van der Waals surface area contributed by atoms with Gasteiger partial charge in [0, 0.05) is 80.7 Å². The number of hydrogen-bond acceptors (Lipinski definition) is 8. The number of aromatic amines is 1. The third-order valence-corrected chi connectivity index (χ3v) is 9.93. The van der Waals surface area contributed by atoms with E-state index in [0.717, 1.165) is 36.5 Å². The number of methoxy groups -OCH3 is 1. The fourth-order valence-corrected chi connectivity index (χ4v) is 6.98. The Kier molecular flexibility index (Phi) is 9.22. The number of carbonyl (C=O) groups excluding carboxylic acids is 2. The predicted octanol–water partition coefficient (Wildman–Crippen LogP) is 5.46. The number of H-pyrrole nitrogens is 1. The lowest BCUT2D eigenvalue weighted by Gasteiger charge is -2.35. The highest BCUT2D eigenvalue weighted by Crippen LogP contribution is 2.41. The van der Waals surface area contributed by atoms with Crippen LogP contribution in [0.1, 0.15) is 41.7 Å². The Morgan fingerprint density at radius 3 is 2.49 bits per heavy atom. The van der Waals surface area contributed by atoms with E-state index in [1.807, 2.05) is 18.2 Å². The molecule has 0 radical (unpaired) electrons. The summed E-state index contributed by atoms with van der Waals surface area (Å²) >= 11 is 0. The van der Waals surface area contributed by atoms with Crippen molar-refractivity contribution in [2.24, 2.45) is 0 Å². The molecule has 1 N–H and O–H groups in total. The van der Waals surface area contributed by atoms with E-state index in [1.54, 1.807) is 39.0 Å². The van der Waals surface area contributed by atoms with Crippen LogP contribution in [0, 0.1) is 17.5 Å². The molecule has 53 heavy (non-hydrogen) atoms. The zero-order valence-corrected chi connectivity index (χ0v) is 29.0. The van der Waals surface area contributed by atoms with Crippen LogP contribution in [-0.2, 0) is 11.3 Å². The summed E-state index contributed by atoms with van der Waals surface area (Å²) < 4.78 is 59.0. The van der Waals surface area contributed by atoms with Crippen molar-refractivity contribution in [1.82, 2.24) is 34.8 Å². The smallest absolute Gasteiger partial charge is 0.270 e. The van der Waals surface area contributed by atoms with Crippen LogP contribution in [0.2, 0.25) is 0 Å². The number of fused-ring (bicyclic) bond motifs is 1. The third kappa shape index (κ3) is 6.90. The van der Waals surface area contributed by atoms with Crippen molar-refractivity contribution in [3.63, 3.8) is 0 Å². The molecule has 3 aromatic heterocycles. The largest absolute Gasteiger partial charge is 0.496 e. The molecule has 0 unspecified atom stereocenters. The summed E-state index contributed by atoms with van der Waals surface area (Å²) in [6.07, 6.45) is 9.73.